The molecule has 0 bridgehead atoms. The molecule has 0 unspecified atom stereocenters. The van der Waals surface area contributed by atoms with Crippen molar-refractivity contribution in [3.63, 3.8) is 0 Å². The van der Waals surface area contributed by atoms with Crippen molar-refractivity contribution >= 4 is 45.6 Å². The highest BCUT2D eigenvalue weighted by molar-refractivity contribution is 9.10. The van der Waals surface area contributed by atoms with Gasteiger partial charge < -0.3 is 9.47 Å². The molecule has 3 aromatic carbocycles. The summed E-state index contributed by atoms with van der Waals surface area (Å²) in [6, 6.07) is 16.5. The number of nitrogens with zero attached hydrogens (tertiary/aromatic N) is 1. The molecule has 0 saturated carbocycles. The third-order valence-electron chi connectivity index (χ3n) is 3.83. The molecule has 0 heterocycles. The molecule has 158 valence electrons. The topological polar surface area (TPSA) is 77.0 Å². The molecule has 0 atom stereocenters. The Morgan fingerprint density at radius 3 is 2.48 bits per heavy atom. The first kappa shape index (κ1) is 22.5. The molecule has 1 amide bonds. The van der Waals surface area contributed by atoms with Gasteiger partial charge in [-0.1, -0.05) is 27.5 Å². The predicted molar refractivity (Wildman–Crippen MR) is 118 cm³/mol. The molecule has 31 heavy (non-hydrogen) atoms. The van der Waals surface area contributed by atoms with Gasteiger partial charge in [-0.05, 0) is 66.7 Å². The first-order chi connectivity index (χ1) is 14.9. The number of carbonyl (C=O) groups is 2. The van der Waals surface area contributed by atoms with Gasteiger partial charge in [-0.15, -0.1) is 0 Å². The Kier molecular flexibility index (Phi) is 7.75. The van der Waals surface area contributed by atoms with Crippen LogP contribution in [-0.4, -0.2) is 24.7 Å². The summed E-state index contributed by atoms with van der Waals surface area (Å²) in [6.07, 6.45) is 1.34. The van der Waals surface area contributed by atoms with Crippen molar-refractivity contribution in [3.05, 3.63) is 93.2 Å². The maximum absolute atomic E-state index is 12.9. The van der Waals surface area contributed by atoms with E-state index in [0.717, 1.165) is 4.47 Å². The van der Waals surface area contributed by atoms with Gasteiger partial charge in [-0.25, -0.2) is 14.6 Å². The van der Waals surface area contributed by atoms with Gasteiger partial charge in [0.2, 0.25) is 0 Å². The Hall–Kier alpha value is -3.23. The molecule has 0 aliphatic carbocycles. The van der Waals surface area contributed by atoms with E-state index in [1.807, 2.05) is 0 Å². The van der Waals surface area contributed by atoms with Crippen LogP contribution in [0.5, 0.6) is 11.5 Å². The van der Waals surface area contributed by atoms with Crippen molar-refractivity contribution in [2.24, 2.45) is 5.10 Å². The molecule has 0 spiro atoms. The van der Waals surface area contributed by atoms with Crippen LogP contribution in [-0.2, 0) is 4.79 Å². The van der Waals surface area contributed by atoms with E-state index in [1.165, 1.54) is 30.5 Å². The molecular formula is C22H15BrClFN2O4. The normalized spacial score (nSPS) is 10.7. The lowest BCUT2D eigenvalue weighted by Crippen LogP contribution is -2.24. The van der Waals surface area contributed by atoms with E-state index in [0.29, 0.717) is 21.9 Å². The minimum atomic E-state index is -0.564. The maximum atomic E-state index is 12.9. The van der Waals surface area contributed by atoms with Crippen LogP contribution in [0.15, 0.2) is 76.3 Å². The van der Waals surface area contributed by atoms with Gasteiger partial charge in [0.1, 0.15) is 17.3 Å². The Balaban J connectivity index is 1.61. The van der Waals surface area contributed by atoms with Gasteiger partial charge in [0.25, 0.3) is 5.91 Å². The molecule has 0 fully saturated rings. The fourth-order valence-corrected chi connectivity index (χ4v) is 2.85. The molecule has 0 aliphatic heterocycles. The highest BCUT2D eigenvalue weighted by Crippen LogP contribution is 2.23. The highest BCUT2D eigenvalue weighted by atomic mass is 79.9. The minimum Gasteiger partial charge on any atom is -0.484 e. The largest absolute Gasteiger partial charge is 0.484 e. The lowest BCUT2D eigenvalue weighted by atomic mass is 10.2. The lowest BCUT2D eigenvalue weighted by Gasteiger charge is -2.08. The Bertz CT molecular complexity index is 1110. The first-order valence-electron chi connectivity index (χ1n) is 8.88. The molecule has 0 aromatic heterocycles. The molecule has 3 rings (SSSR count). The van der Waals surface area contributed by atoms with Gasteiger partial charge in [-0.2, -0.15) is 5.10 Å². The van der Waals surface area contributed by atoms with Gasteiger partial charge in [0.15, 0.2) is 6.61 Å². The van der Waals surface area contributed by atoms with E-state index >= 15 is 0 Å². The summed E-state index contributed by atoms with van der Waals surface area (Å²) in [5, 5.41) is 4.37. The Morgan fingerprint density at radius 1 is 1.06 bits per heavy atom. The van der Waals surface area contributed by atoms with E-state index in [1.54, 1.807) is 42.5 Å². The zero-order valence-electron chi connectivity index (χ0n) is 15.8. The van der Waals surface area contributed by atoms with Crippen LogP contribution in [0.25, 0.3) is 0 Å². The number of nitrogens with one attached hydrogen (secondary N) is 1. The van der Waals surface area contributed by atoms with Crippen LogP contribution >= 0.6 is 27.5 Å². The summed E-state index contributed by atoms with van der Waals surface area (Å²) in [5.74, 6) is -0.878. The standard InChI is InChI=1S/C22H15BrClFN2O4/c23-16-3-10-20(31-22(29)14-1-4-17(24)5-2-14)15(11-16)12-26-27-21(28)13-30-19-8-6-18(25)7-9-19/h1-12H,13H2,(H,27,28). The van der Waals surface area contributed by atoms with E-state index in [2.05, 4.69) is 26.5 Å². The summed E-state index contributed by atoms with van der Waals surface area (Å²) in [7, 11) is 0. The van der Waals surface area contributed by atoms with Crippen molar-refractivity contribution < 1.29 is 23.5 Å². The summed E-state index contributed by atoms with van der Waals surface area (Å²) >= 11 is 9.17. The number of carbonyl (C=O) groups excluding carboxylic acids is 2. The van der Waals surface area contributed by atoms with Crippen LogP contribution in [0.1, 0.15) is 15.9 Å². The Morgan fingerprint density at radius 2 is 1.77 bits per heavy atom. The first-order valence-corrected chi connectivity index (χ1v) is 10.1. The number of hydrazone groups is 1. The molecule has 0 saturated heterocycles. The quantitative estimate of drug-likeness (QED) is 0.212. The molecular weight excluding hydrogens is 491 g/mol. The smallest absolute Gasteiger partial charge is 0.343 e. The van der Waals surface area contributed by atoms with Crippen molar-refractivity contribution in [1.29, 1.82) is 0 Å². The number of hydrogen-bond donors (Lipinski definition) is 1. The van der Waals surface area contributed by atoms with E-state index in [-0.39, 0.29) is 12.4 Å². The molecule has 9 heteroatoms. The number of esters is 1. The zero-order valence-corrected chi connectivity index (χ0v) is 18.2. The van der Waals surface area contributed by atoms with Crippen molar-refractivity contribution in [2.75, 3.05) is 6.61 Å². The highest BCUT2D eigenvalue weighted by Gasteiger charge is 2.12. The zero-order chi connectivity index (χ0) is 22.2. The number of halogens is 3. The fourth-order valence-electron chi connectivity index (χ4n) is 2.34. The molecule has 3 aromatic rings. The monoisotopic (exact) mass is 504 g/mol. The molecule has 0 aliphatic rings. The van der Waals surface area contributed by atoms with Crippen LogP contribution in [0.4, 0.5) is 4.39 Å². The van der Waals surface area contributed by atoms with E-state index < -0.39 is 17.7 Å². The molecule has 6 nitrogen and oxygen atoms in total. The van der Waals surface area contributed by atoms with E-state index in [9.17, 15) is 14.0 Å². The van der Waals surface area contributed by atoms with Crippen molar-refractivity contribution in [1.82, 2.24) is 5.43 Å². The Labute approximate surface area is 190 Å². The molecule has 0 radical (unpaired) electrons. The number of ether oxygens (including phenoxy) is 2. The second-order valence-corrected chi connectivity index (χ2v) is 7.47. The number of benzene rings is 3. The van der Waals surface area contributed by atoms with Crippen molar-refractivity contribution in [2.45, 2.75) is 0 Å². The van der Waals surface area contributed by atoms with Gasteiger partial charge >= 0.3 is 5.97 Å². The third-order valence-corrected chi connectivity index (χ3v) is 4.58. The van der Waals surface area contributed by atoms with Crippen LogP contribution < -0.4 is 14.9 Å². The summed E-state index contributed by atoms with van der Waals surface area (Å²) in [5.41, 5.74) is 3.10. The fraction of sp³-hybridized carbons (Fsp3) is 0.0455. The van der Waals surface area contributed by atoms with Crippen molar-refractivity contribution in [3.8, 4) is 11.5 Å². The SMILES string of the molecule is O=C(COc1ccc(F)cc1)NN=Cc1cc(Br)ccc1OC(=O)c1ccc(Cl)cc1. The van der Waals surface area contributed by atoms with Gasteiger partial charge in [0, 0.05) is 15.1 Å². The van der Waals surface area contributed by atoms with Crippen LogP contribution in [0, 0.1) is 5.82 Å². The maximum Gasteiger partial charge on any atom is 0.343 e. The van der Waals surface area contributed by atoms with Crippen LogP contribution in [0.2, 0.25) is 5.02 Å². The minimum absolute atomic E-state index is 0.253. The second-order valence-electron chi connectivity index (χ2n) is 6.11. The number of rotatable bonds is 7. The second kappa shape index (κ2) is 10.7. The number of hydrogen-bond acceptors (Lipinski definition) is 5. The van der Waals surface area contributed by atoms with Gasteiger partial charge in [-0.3, -0.25) is 4.79 Å². The predicted octanol–water partition coefficient (Wildman–Crippen LogP) is 4.99. The number of amides is 1. The average molecular weight is 506 g/mol. The van der Waals surface area contributed by atoms with Gasteiger partial charge in [0.05, 0.1) is 11.8 Å². The summed E-state index contributed by atoms with van der Waals surface area (Å²) in [4.78, 5) is 24.2. The summed E-state index contributed by atoms with van der Waals surface area (Å²) in [6.45, 7) is -0.306. The average Bonchev–Trinajstić information content (AvgIpc) is 2.75. The molecule has 1 N–H and O–H groups in total. The summed E-state index contributed by atoms with van der Waals surface area (Å²) < 4.78 is 24.3. The lowest BCUT2D eigenvalue weighted by molar-refractivity contribution is -0.123. The third kappa shape index (κ3) is 6.91. The van der Waals surface area contributed by atoms with E-state index in [4.69, 9.17) is 21.1 Å². The van der Waals surface area contributed by atoms with Crippen LogP contribution in [0.3, 0.4) is 0 Å².